The first-order chi connectivity index (χ1) is 4.85. The van der Waals surface area contributed by atoms with E-state index < -0.39 is 0 Å². The zero-order chi connectivity index (χ0) is 7.82. The van der Waals surface area contributed by atoms with E-state index in [4.69, 9.17) is 4.74 Å². The van der Waals surface area contributed by atoms with Crippen molar-refractivity contribution in [3.8, 4) is 0 Å². The molecule has 1 heteroatoms. The minimum atomic E-state index is 0.810. The van der Waals surface area contributed by atoms with Gasteiger partial charge in [-0.3, -0.25) is 0 Å². The Bertz CT molecular complexity index is 123. The number of hydrogen-bond acceptors (Lipinski definition) is 1. The standard InChI is InChI=1S/C9H16O/c1-4-7-9(6-3)10-8-5-2/h4,6-7H,5,8H2,1-3H3/b7-4-,9-6+. The van der Waals surface area contributed by atoms with Crippen molar-refractivity contribution in [2.45, 2.75) is 27.2 Å². The second kappa shape index (κ2) is 6.40. The minimum absolute atomic E-state index is 0.810. The molecule has 0 N–H and O–H groups in total. The first kappa shape index (κ1) is 9.28. The molecule has 0 atom stereocenters. The summed E-state index contributed by atoms with van der Waals surface area (Å²) >= 11 is 0. The number of rotatable bonds is 4. The highest BCUT2D eigenvalue weighted by atomic mass is 16.5. The van der Waals surface area contributed by atoms with Crippen LogP contribution in [0.3, 0.4) is 0 Å². The van der Waals surface area contributed by atoms with E-state index in [-0.39, 0.29) is 0 Å². The van der Waals surface area contributed by atoms with Gasteiger partial charge < -0.3 is 4.74 Å². The van der Waals surface area contributed by atoms with Crippen LogP contribution in [-0.2, 0) is 4.74 Å². The van der Waals surface area contributed by atoms with E-state index in [9.17, 15) is 0 Å². The molecule has 0 rings (SSSR count). The van der Waals surface area contributed by atoms with Crippen molar-refractivity contribution in [2.24, 2.45) is 0 Å². The van der Waals surface area contributed by atoms with Gasteiger partial charge in [-0.05, 0) is 32.4 Å². The van der Waals surface area contributed by atoms with Crippen molar-refractivity contribution in [2.75, 3.05) is 6.61 Å². The molecule has 0 unspecified atom stereocenters. The van der Waals surface area contributed by atoms with Gasteiger partial charge in [-0.15, -0.1) is 0 Å². The average Bonchev–Trinajstić information content (AvgIpc) is 1.98. The summed E-state index contributed by atoms with van der Waals surface area (Å²) in [5, 5.41) is 0. The summed E-state index contributed by atoms with van der Waals surface area (Å²) in [6, 6.07) is 0. The van der Waals surface area contributed by atoms with E-state index in [1.165, 1.54) is 0 Å². The predicted octanol–water partition coefficient (Wildman–Crippen LogP) is 2.89. The molecule has 0 radical (unpaired) electrons. The topological polar surface area (TPSA) is 9.23 Å². The van der Waals surface area contributed by atoms with Crippen molar-refractivity contribution in [1.82, 2.24) is 0 Å². The number of hydrogen-bond donors (Lipinski definition) is 0. The Labute approximate surface area is 63.4 Å². The van der Waals surface area contributed by atoms with Gasteiger partial charge in [0.05, 0.1) is 6.61 Å². The second-order valence-electron chi connectivity index (χ2n) is 2.04. The van der Waals surface area contributed by atoms with Crippen LogP contribution in [0.1, 0.15) is 27.2 Å². The normalized spacial score (nSPS) is 12.5. The van der Waals surface area contributed by atoms with Gasteiger partial charge in [0, 0.05) is 0 Å². The molecule has 10 heavy (non-hydrogen) atoms. The van der Waals surface area contributed by atoms with Gasteiger partial charge in [0.15, 0.2) is 0 Å². The fourth-order valence-corrected chi connectivity index (χ4v) is 0.612. The summed E-state index contributed by atoms with van der Waals surface area (Å²) in [5.74, 6) is 0.962. The van der Waals surface area contributed by atoms with Gasteiger partial charge in [-0.1, -0.05) is 13.0 Å². The Morgan fingerprint density at radius 1 is 1.40 bits per heavy atom. The molecule has 0 saturated carbocycles. The lowest BCUT2D eigenvalue weighted by atomic mass is 10.4. The quantitative estimate of drug-likeness (QED) is 0.431. The lowest BCUT2D eigenvalue weighted by molar-refractivity contribution is 0.224. The summed E-state index contributed by atoms with van der Waals surface area (Å²) in [5.41, 5.74) is 0. The van der Waals surface area contributed by atoms with Crippen molar-refractivity contribution in [3.05, 3.63) is 24.0 Å². The molecule has 0 aromatic carbocycles. The Hall–Kier alpha value is -0.720. The van der Waals surface area contributed by atoms with Crippen LogP contribution in [-0.4, -0.2) is 6.61 Å². The van der Waals surface area contributed by atoms with Crippen LogP contribution < -0.4 is 0 Å². The molecule has 0 aromatic rings. The second-order valence-corrected chi connectivity index (χ2v) is 2.04. The number of allylic oxidation sites excluding steroid dienone is 3. The molecule has 0 aliphatic carbocycles. The third-order valence-corrected chi connectivity index (χ3v) is 1.09. The molecule has 0 aromatic heterocycles. The monoisotopic (exact) mass is 140 g/mol. The summed E-state index contributed by atoms with van der Waals surface area (Å²) in [4.78, 5) is 0. The van der Waals surface area contributed by atoms with E-state index in [1.807, 2.05) is 32.1 Å². The molecule has 0 spiro atoms. The first-order valence-electron chi connectivity index (χ1n) is 3.77. The van der Waals surface area contributed by atoms with Crippen molar-refractivity contribution in [1.29, 1.82) is 0 Å². The lowest BCUT2D eigenvalue weighted by Crippen LogP contribution is -1.89. The largest absolute Gasteiger partial charge is 0.494 e. The van der Waals surface area contributed by atoms with Crippen LogP contribution in [0.2, 0.25) is 0 Å². The van der Waals surface area contributed by atoms with Gasteiger partial charge in [-0.2, -0.15) is 0 Å². The molecule has 1 nitrogen and oxygen atoms in total. The summed E-state index contributed by atoms with van der Waals surface area (Å²) < 4.78 is 5.36. The fourth-order valence-electron chi connectivity index (χ4n) is 0.612. The molecule has 0 heterocycles. The van der Waals surface area contributed by atoms with Crippen LogP contribution in [0.4, 0.5) is 0 Å². The molecule has 0 fully saturated rings. The molecule has 0 aliphatic heterocycles. The van der Waals surface area contributed by atoms with Crippen LogP contribution in [0.15, 0.2) is 24.0 Å². The molecule has 0 saturated heterocycles. The highest BCUT2D eigenvalue weighted by molar-refractivity contribution is 5.09. The molecule has 0 aliphatic rings. The molecule has 58 valence electrons. The van der Waals surface area contributed by atoms with Gasteiger partial charge in [0.2, 0.25) is 0 Å². The number of ether oxygens (including phenoxy) is 1. The van der Waals surface area contributed by atoms with E-state index in [0.717, 1.165) is 18.8 Å². The van der Waals surface area contributed by atoms with Crippen LogP contribution in [0.25, 0.3) is 0 Å². The first-order valence-corrected chi connectivity index (χ1v) is 3.77. The van der Waals surface area contributed by atoms with Gasteiger partial charge >= 0.3 is 0 Å². The van der Waals surface area contributed by atoms with E-state index in [2.05, 4.69) is 6.92 Å². The maximum atomic E-state index is 5.36. The van der Waals surface area contributed by atoms with E-state index in [0.29, 0.717) is 0 Å². The van der Waals surface area contributed by atoms with E-state index in [1.54, 1.807) is 0 Å². The summed E-state index contributed by atoms with van der Waals surface area (Å²) in [6.07, 6.45) is 6.98. The third kappa shape index (κ3) is 4.19. The molecular formula is C9H16O. The lowest BCUT2D eigenvalue weighted by Gasteiger charge is -2.02. The van der Waals surface area contributed by atoms with Gasteiger partial charge in [-0.25, -0.2) is 0 Å². The smallest absolute Gasteiger partial charge is 0.114 e. The highest BCUT2D eigenvalue weighted by Gasteiger charge is 1.86. The fraction of sp³-hybridized carbons (Fsp3) is 0.556. The van der Waals surface area contributed by atoms with Crippen molar-refractivity contribution in [3.63, 3.8) is 0 Å². The molecule has 0 bridgehead atoms. The average molecular weight is 140 g/mol. The summed E-state index contributed by atoms with van der Waals surface area (Å²) in [7, 11) is 0. The van der Waals surface area contributed by atoms with Gasteiger partial charge in [0.1, 0.15) is 5.76 Å². The van der Waals surface area contributed by atoms with E-state index >= 15 is 0 Å². The van der Waals surface area contributed by atoms with Crippen LogP contribution >= 0.6 is 0 Å². The third-order valence-electron chi connectivity index (χ3n) is 1.09. The maximum absolute atomic E-state index is 5.36. The zero-order valence-electron chi connectivity index (χ0n) is 7.05. The minimum Gasteiger partial charge on any atom is -0.494 e. The predicted molar refractivity (Wildman–Crippen MR) is 44.8 cm³/mol. The molecular weight excluding hydrogens is 124 g/mol. The Balaban J connectivity index is 3.62. The Kier molecular flexibility index (Phi) is 5.94. The summed E-state index contributed by atoms with van der Waals surface area (Å²) in [6.45, 7) is 6.87. The maximum Gasteiger partial charge on any atom is 0.114 e. The highest BCUT2D eigenvalue weighted by Crippen LogP contribution is 1.99. The zero-order valence-corrected chi connectivity index (χ0v) is 7.05. The van der Waals surface area contributed by atoms with Crippen molar-refractivity contribution < 1.29 is 4.74 Å². The molecule has 0 amide bonds. The van der Waals surface area contributed by atoms with Crippen LogP contribution in [0, 0.1) is 0 Å². The van der Waals surface area contributed by atoms with Gasteiger partial charge in [0.25, 0.3) is 0 Å². The Morgan fingerprint density at radius 2 is 2.10 bits per heavy atom. The van der Waals surface area contributed by atoms with Crippen molar-refractivity contribution >= 4 is 0 Å². The Morgan fingerprint density at radius 3 is 2.50 bits per heavy atom. The SMILES string of the molecule is C/C=C\C(=C/C)OCCC. The van der Waals surface area contributed by atoms with Crippen LogP contribution in [0.5, 0.6) is 0 Å².